The number of H-pyrrole nitrogens is 1. The Labute approximate surface area is 264 Å². The van der Waals surface area contributed by atoms with E-state index in [9.17, 15) is 29.1 Å². The quantitative estimate of drug-likeness (QED) is 0.130. The summed E-state index contributed by atoms with van der Waals surface area (Å²) in [5.74, 6) is -2.67. The number of hydrogen-bond donors (Lipinski definition) is 3. The van der Waals surface area contributed by atoms with Crippen LogP contribution in [-0.4, -0.2) is 80.2 Å². The molecule has 2 saturated heterocycles. The molecule has 15 heteroatoms. The number of carbonyl (C=O) groups excluding carboxylic acids is 4. The van der Waals surface area contributed by atoms with Gasteiger partial charge in [-0.1, -0.05) is 0 Å². The third kappa shape index (κ3) is 7.99. The molecule has 226 valence electrons. The first kappa shape index (κ1) is 35.4. The number of ether oxygens (including phenoxy) is 5. The molecule has 3 N–H and O–H groups in total. The Morgan fingerprint density at radius 3 is 2.19 bits per heavy atom. The van der Waals surface area contributed by atoms with Crippen molar-refractivity contribution in [3.8, 4) is 5.75 Å². The fourth-order valence-corrected chi connectivity index (χ4v) is 5.33. The number of aromatic nitrogens is 1. The molecule has 1 aromatic rings. The summed E-state index contributed by atoms with van der Waals surface area (Å²) >= 11 is 0. The van der Waals surface area contributed by atoms with Crippen LogP contribution in [0.1, 0.15) is 73.2 Å². The van der Waals surface area contributed by atoms with Crippen LogP contribution < -0.4 is 45.5 Å². The molecule has 0 radical (unpaired) electrons. The average molecular weight is 603 g/mol. The Kier molecular flexibility index (Phi) is 13.7. The minimum atomic E-state index is -0.824. The standard InChI is InChI=1S/C14H19NO6.C12H13NO5.CH3O.Na/c1-3-20-12(17)7-11(16)15-13-9(14(18)19-2)6-8-4-5-10(13)21-8;1-17-12(16)8-10(14)6-4-5-2-3-7(18-5)9(6)13-11(8)15;1-2;/h8,10H,3-7H2,1-2H3,(H,15,16);5,7H,2-4H2,1H3,(H2,13,14,15);1H3;/q;;-1;+1. The molecule has 2 fully saturated rings. The number of pyridine rings is 1. The largest absolute Gasteiger partial charge is 1.00 e. The molecule has 4 aliphatic heterocycles. The summed E-state index contributed by atoms with van der Waals surface area (Å²) in [5, 5.41) is 21.0. The normalized spacial score (nSPS) is 22.6. The maximum atomic E-state index is 11.9. The first-order valence-electron chi connectivity index (χ1n) is 13.2. The maximum Gasteiger partial charge on any atom is 1.00 e. The molecule has 4 bridgehead atoms. The van der Waals surface area contributed by atoms with Crippen molar-refractivity contribution in [1.82, 2.24) is 10.3 Å². The molecule has 0 aliphatic carbocycles. The molecule has 5 rings (SSSR count). The summed E-state index contributed by atoms with van der Waals surface area (Å²) in [6.45, 7) is 1.89. The molecule has 5 heterocycles. The molecule has 4 atom stereocenters. The van der Waals surface area contributed by atoms with E-state index in [1.54, 1.807) is 6.92 Å². The van der Waals surface area contributed by atoms with Gasteiger partial charge in [0.15, 0.2) is 5.56 Å². The van der Waals surface area contributed by atoms with Gasteiger partial charge in [-0.2, -0.15) is 7.11 Å². The smallest absolute Gasteiger partial charge is 0.857 e. The third-order valence-corrected chi connectivity index (χ3v) is 7.08. The molecule has 1 aromatic heterocycles. The van der Waals surface area contributed by atoms with E-state index in [0.29, 0.717) is 35.4 Å². The van der Waals surface area contributed by atoms with Crippen molar-refractivity contribution in [2.24, 2.45) is 0 Å². The molecule has 0 saturated carbocycles. The monoisotopic (exact) mass is 602 g/mol. The van der Waals surface area contributed by atoms with E-state index in [0.717, 1.165) is 32.8 Å². The Bertz CT molecular complexity index is 1260. The zero-order valence-corrected chi connectivity index (χ0v) is 26.4. The van der Waals surface area contributed by atoms with E-state index in [1.165, 1.54) is 14.2 Å². The van der Waals surface area contributed by atoms with Gasteiger partial charge in [0.05, 0.1) is 62.2 Å². The van der Waals surface area contributed by atoms with Gasteiger partial charge < -0.3 is 44.2 Å². The molecule has 4 aliphatic rings. The van der Waals surface area contributed by atoms with Crippen molar-refractivity contribution in [3.63, 3.8) is 0 Å². The number of amides is 1. The van der Waals surface area contributed by atoms with E-state index in [-0.39, 0.29) is 78.3 Å². The first-order valence-corrected chi connectivity index (χ1v) is 13.2. The fraction of sp³-hybridized carbons (Fsp3) is 0.593. The van der Waals surface area contributed by atoms with Crippen LogP contribution in [0.25, 0.3) is 0 Å². The van der Waals surface area contributed by atoms with Gasteiger partial charge in [0.2, 0.25) is 5.91 Å². The minimum absolute atomic E-state index is 0. The van der Waals surface area contributed by atoms with E-state index in [2.05, 4.69) is 15.0 Å². The second kappa shape index (κ2) is 16.2. The molecular formula is C27H35N2NaO12. The summed E-state index contributed by atoms with van der Waals surface area (Å²) in [4.78, 5) is 60.9. The molecule has 0 spiro atoms. The van der Waals surface area contributed by atoms with Crippen molar-refractivity contribution >= 4 is 23.8 Å². The third-order valence-electron chi connectivity index (χ3n) is 7.08. The van der Waals surface area contributed by atoms with Crippen molar-refractivity contribution < 1.29 is 82.6 Å². The van der Waals surface area contributed by atoms with E-state index in [4.69, 9.17) is 24.1 Å². The molecule has 4 unspecified atom stereocenters. The van der Waals surface area contributed by atoms with Gasteiger partial charge in [-0.05, 0) is 32.6 Å². The first-order chi connectivity index (χ1) is 19.7. The number of aromatic hydroxyl groups is 1. The number of carbonyl (C=O) groups is 4. The molecule has 0 aromatic carbocycles. The number of nitrogens with one attached hydrogen (secondary N) is 2. The zero-order chi connectivity index (χ0) is 30.3. The van der Waals surface area contributed by atoms with Gasteiger partial charge in [0, 0.05) is 18.4 Å². The van der Waals surface area contributed by atoms with Gasteiger partial charge in [0.1, 0.15) is 12.2 Å². The van der Waals surface area contributed by atoms with Crippen molar-refractivity contribution in [1.29, 1.82) is 0 Å². The summed E-state index contributed by atoms with van der Waals surface area (Å²) in [6.07, 6.45) is 3.40. The summed E-state index contributed by atoms with van der Waals surface area (Å²) in [7, 11) is 3.22. The molecule has 42 heavy (non-hydrogen) atoms. The van der Waals surface area contributed by atoms with Crippen molar-refractivity contribution in [2.45, 2.75) is 76.3 Å². The van der Waals surface area contributed by atoms with Gasteiger partial charge >= 0.3 is 47.5 Å². The fourth-order valence-electron chi connectivity index (χ4n) is 5.33. The van der Waals surface area contributed by atoms with Gasteiger partial charge in [-0.3, -0.25) is 14.4 Å². The van der Waals surface area contributed by atoms with Crippen LogP contribution in [0, 0.1) is 0 Å². The predicted molar refractivity (Wildman–Crippen MR) is 137 cm³/mol. The number of rotatable bonds is 6. The van der Waals surface area contributed by atoms with Crippen molar-refractivity contribution in [3.05, 3.63) is 38.4 Å². The van der Waals surface area contributed by atoms with E-state index in [1.807, 2.05) is 0 Å². The number of methoxy groups -OCH3 is 2. The second-order valence-electron chi connectivity index (χ2n) is 9.53. The van der Waals surface area contributed by atoms with Gasteiger partial charge in [0.25, 0.3) is 5.56 Å². The Morgan fingerprint density at radius 1 is 0.976 bits per heavy atom. The van der Waals surface area contributed by atoms with Crippen LogP contribution in [0.5, 0.6) is 5.75 Å². The Balaban J connectivity index is 0.000000273. The number of fused-ring (bicyclic) bond motifs is 6. The van der Waals surface area contributed by atoms with Crippen LogP contribution in [-0.2, 0) is 44.5 Å². The second-order valence-corrected chi connectivity index (χ2v) is 9.53. The van der Waals surface area contributed by atoms with Crippen LogP contribution in [0.3, 0.4) is 0 Å². The maximum absolute atomic E-state index is 11.9. The Hall–Kier alpha value is -2.75. The van der Waals surface area contributed by atoms with Crippen molar-refractivity contribution in [2.75, 3.05) is 27.9 Å². The molecular weight excluding hydrogens is 567 g/mol. The zero-order valence-electron chi connectivity index (χ0n) is 24.4. The summed E-state index contributed by atoms with van der Waals surface area (Å²) < 4.78 is 25.3. The van der Waals surface area contributed by atoms with Crippen LogP contribution in [0.2, 0.25) is 0 Å². The van der Waals surface area contributed by atoms with E-state index < -0.39 is 29.4 Å². The van der Waals surface area contributed by atoms with Crippen LogP contribution in [0.15, 0.2) is 16.1 Å². The summed E-state index contributed by atoms with van der Waals surface area (Å²) in [5.41, 5.74) is 1.09. The number of aromatic amines is 1. The van der Waals surface area contributed by atoms with Crippen LogP contribution >= 0.6 is 0 Å². The molecule has 1 amide bonds. The topological polar surface area (TPSA) is 203 Å². The molecule has 14 nitrogen and oxygen atoms in total. The van der Waals surface area contributed by atoms with Gasteiger partial charge in [-0.15, -0.1) is 0 Å². The predicted octanol–water partition coefficient (Wildman–Crippen LogP) is -2.94. The number of esters is 3. The van der Waals surface area contributed by atoms with Gasteiger partial charge in [-0.25, -0.2) is 9.59 Å². The van der Waals surface area contributed by atoms with E-state index >= 15 is 0 Å². The summed E-state index contributed by atoms with van der Waals surface area (Å²) in [6, 6.07) is 0. The number of hydrogen-bond acceptors (Lipinski definition) is 12. The minimum Gasteiger partial charge on any atom is -0.857 e. The van der Waals surface area contributed by atoms with Crippen LogP contribution in [0.4, 0.5) is 0 Å². The Morgan fingerprint density at radius 2 is 1.57 bits per heavy atom. The average Bonchev–Trinajstić information content (AvgIpc) is 3.55. The SMILES string of the molecule is CCOC(=O)CC(=O)NC1=C(C(=O)OC)CC2CCC1O2.COC(=O)c1c(O)c2c([nH]c1=O)C1CCC(C2)O1.C[O-].[Na+].